The van der Waals surface area contributed by atoms with Crippen molar-refractivity contribution in [3.63, 3.8) is 0 Å². The molecular weight excluding hydrogens is 292 g/mol. The number of nitrogens with zero attached hydrogens (tertiary/aromatic N) is 2. The van der Waals surface area contributed by atoms with Gasteiger partial charge in [-0.25, -0.2) is 4.98 Å². The lowest BCUT2D eigenvalue weighted by molar-refractivity contribution is 0.112. The highest BCUT2D eigenvalue weighted by atomic mass is 79.9. The Bertz CT molecular complexity index is 733. The predicted molar refractivity (Wildman–Crippen MR) is 73.7 cm³/mol. The Morgan fingerprint density at radius 1 is 1.11 bits per heavy atom. The van der Waals surface area contributed by atoms with Gasteiger partial charge in [0.05, 0.1) is 5.69 Å². The third-order valence-corrected chi connectivity index (χ3v) is 3.45. The minimum absolute atomic E-state index is 0.638. The van der Waals surface area contributed by atoms with Crippen molar-refractivity contribution in [1.82, 2.24) is 9.38 Å². The van der Waals surface area contributed by atoms with Crippen LogP contribution in [0.5, 0.6) is 0 Å². The molecule has 0 radical (unpaired) electrons. The second kappa shape index (κ2) is 4.38. The molecule has 0 saturated carbocycles. The zero-order chi connectivity index (χ0) is 12.5. The number of halogens is 1. The number of aldehydes is 1. The van der Waals surface area contributed by atoms with Gasteiger partial charge in [0.1, 0.15) is 5.65 Å². The van der Waals surface area contributed by atoms with Gasteiger partial charge in [-0.05, 0) is 18.2 Å². The maximum Gasteiger partial charge on any atom is 0.151 e. The normalized spacial score (nSPS) is 10.7. The van der Waals surface area contributed by atoms with Crippen molar-refractivity contribution in [2.45, 2.75) is 0 Å². The zero-order valence-electron chi connectivity index (χ0n) is 9.38. The number of pyridine rings is 1. The van der Waals surface area contributed by atoms with Crippen LogP contribution in [0.3, 0.4) is 0 Å². The summed E-state index contributed by atoms with van der Waals surface area (Å²) in [5, 5.41) is 0. The van der Waals surface area contributed by atoms with Crippen molar-refractivity contribution in [3.8, 4) is 11.3 Å². The van der Waals surface area contributed by atoms with Gasteiger partial charge < -0.3 is 4.40 Å². The number of carbonyl (C=O) groups is 1. The van der Waals surface area contributed by atoms with Crippen molar-refractivity contribution in [2.24, 2.45) is 0 Å². The molecule has 2 heterocycles. The molecule has 4 heteroatoms. The average molecular weight is 301 g/mol. The first-order valence-electron chi connectivity index (χ1n) is 5.47. The lowest BCUT2D eigenvalue weighted by Crippen LogP contribution is -1.86. The SMILES string of the molecule is O=Cc1ccc2nc(-c3ccccc3Br)cn2c1. The van der Waals surface area contributed by atoms with Crippen LogP contribution in [-0.2, 0) is 0 Å². The highest BCUT2D eigenvalue weighted by molar-refractivity contribution is 9.10. The quantitative estimate of drug-likeness (QED) is 0.678. The predicted octanol–water partition coefficient (Wildman–Crippen LogP) is 3.58. The summed E-state index contributed by atoms with van der Waals surface area (Å²) in [6, 6.07) is 11.5. The number of fused-ring (bicyclic) bond motifs is 1. The van der Waals surface area contributed by atoms with Crippen LogP contribution in [0.15, 0.2) is 53.3 Å². The molecule has 0 bridgehead atoms. The van der Waals surface area contributed by atoms with Gasteiger partial charge in [0.25, 0.3) is 0 Å². The molecule has 0 aliphatic rings. The van der Waals surface area contributed by atoms with Crippen LogP contribution in [0.25, 0.3) is 16.9 Å². The molecule has 0 saturated heterocycles. The van der Waals surface area contributed by atoms with E-state index < -0.39 is 0 Å². The second-order valence-corrected chi connectivity index (χ2v) is 4.81. The van der Waals surface area contributed by atoms with Crippen LogP contribution in [0.4, 0.5) is 0 Å². The molecule has 2 aromatic heterocycles. The maximum absolute atomic E-state index is 10.7. The summed E-state index contributed by atoms with van der Waals surface area (Å²) in [6.07, 6.45) is 4.52. The summed E-state index contributed by atoms with van der Waals surface area (Å²) >= 11 is 3.51. The molecule has 0 unspecified atom stereocenters. The summed E-state index contributed by atoms with van der Waals surface area (Å²) in [7, 11) is 0. The van der Waals surface area contributed by atoms with Crippen LogP contribution in [0.1, 0.15) is 10.4 Å². The van der Waals surface area contributed by atoms with E-state index in [2.05, 4.69) is 20.9 Å². The topological polar surface area (TPSA) is 34.4 Å². The molecule has 3 nitrogen and oxygen atoms in total. The standard InChI is InChI=1S/C14H9BrN2O/c15-12-4-2-1-3-11(12)13-8-17-7-10(9-18)5-6-14(17)16-13/h1-9H. The second-order valence-electron chi connectivity index (χ2n) is 3.95. The molecule has 0 spiro atoms. The van der Waals surface area contributed by atoms with Gasteiger partial charge in [0, 0.05) is 28.0 Å². The minimum Gasteiger partial charge on any atom is -0.306 e. The zero-order valence-corrected chi connectivity index (χ0v) is 11.0. The van der Waals surface area contributed by atoms with Gasteiger partial charge in [0.2, 0.25) is 0 Å². The Morgan fingerprint density at radius 3 is 2.72 bits per heavy atom. The number of benzene rings is 1. The molecule has 0 N–H and O–H groups in total. The Balaban J connectivity index is 2.19. The van der Waals surface area contributed by atoms with Gasteiger partial charge in [-0.2, -0.15) is 0 Å². The van der Waals surface area contributed by atoms with Crippen LogP contribution >= 0.6 is 15.9 Å². The van der Waals surface area contributed by atoms with Crippen LogP contribution in [-0.4, -0.2) is 15.7 Å². The van der Waals surface area contributed by atoms with E-state index in [9.17, 15) is 4.79 Å². The summed E-state index contributed by atoms with van der Waals surface area (Å²) in [4.78, 5) is 15.3. The van der Waals surface area contributed by atoms with Crippen molar-refractivity contribution in [1.29, 1.82) is 0 Å². The fraction of sp³-hybridized carbons (Fsp3) is 0. The highest BCUT2D eigenvalue weighted by Crippen LogP contribution is 2.27. The van der Waals surface area contributed by atoms with Gasteiger partial charge in [-0.1, -0.05) is 34.1 Å². The number of hydrogen-bond acceptors (Lipinski definition) is 2. The van der Waals surface area contributed by atoms with E-state index in [0.717, 1.165) is 27.7 Å². The largest absolute Gasteiger partial charge is 0.306 e. The number of hydrogen-bond donors (Lipinski definition) is 0. The monoisotopic (exact) mass is 300 g/mol. The fourth-order valence-electron chi connectivity index (χ4n) is 1.88. The van der Waals surface area contributed by atoms with E-state index in [0.29, 0.717) is 5.56 Å². The van der Waals surface area contributed by atoms with Gasteiger partial charge >= 0.3 is 0 Å². The molecule has 3 rings (SSSR count). The van der Waals surface area contributed by atoms with E-state index in [1.807, 2.05) is 40.9 Å². The Labute approximate surface area is 112 Å². The van der Waals surface area contributed by atoms with Gasteiger partial charge in [-0.15, -0.1) is 0 Å². The minimum atomic E-state index is 0.638. The first-order valence-corrected chi connectivity index (χ1v) is 6.26. The van der Waals surface area contributed by atoms with E-state index in [1.165, 1.54) is 0 Å². The van der Waals surface area contributed by atoms with E-state index >= 15 is 0 Å². The third-order valence-electron chi connectivity index (χ3n) is 2.76. The summed E-state index contributed by atoms with van der Waals surface area (Å²) in [5.41, 5.74) is 3.38. The van der Waals surface area contributed by atoms with Crippen molar-refractivity contribution >= 4 is 27.9 Å². The molecule has 1 aromatic carbocycles. The first-order chi connectivity index (χ1) is 8.78. The van der Waals surface area contributed by atoms with E-state index in [4.69, 9.17) is 0 Å². The number of imidazole rings is 1. The molecular formula is C14H9BrN2O. The van der Waals surface area contributed by atoms with Crippen LogP contribution in [0.2, 0.25) is 0 Å². The number of rotatable bonds is 2. The van der Waals surface area contributed by atoms with Crippen LogP contribution in [0, 0.1) is 0 Å². The molecule has 3 aromatic rings. The molecule has 0 fully saturated rings. The average Bonchev–Trinajstić information content (AvgIpc) is 2.81. The Kier molecular flexibility index (Phi) is 2.72. The van der Waals surface area contributed by atoms with E-state index in [1.54, 1.807) is 12.3 Å². The number of aromatic nitrogens is 2. The Morgan fingerprint density at radius 2 is 1.94 bits per heavy atom. The van der Waals surface area contributed by atoms with E-state index in [-0.39, 0.29) is 0 Å². The fourth-order valence-corrected chi connectivity index (χ4v) is 2.37. The van der Waals surface area contributed by atoms with Crippen LogP contribution < -0.4 is 0 Å². The first kappa shape index (κ1) is 11.2. The van der Waals surface area contributed by atoms with Crippen molar-refractivity contribution < 1.29 is 4.79 Å². The molecule has 0 aliphatic carbocycles. The highest BCUT2D eigenvalue weighted by Gasteiger charge is 2.07. The molecule has 0 atom stereocenters. The summed E-state index contributed by atoms with van der Waals surface area (Å²) < 4.78 is 2.86. The maximum atomic E-state index is 10.7. The lowest BCUT2D eigenvalue weighted by atomic mass is 10.2. The molecule has 18 heavy (non-hydrogen) atoms. The van der Waals surface area contributed by atoms with Crippen molar-refractivity contribution in [2.75, 3.05) is 0 Å². The lowest BCUT2D eigenvalue weighted by Gasteiger charge is -1.98. The Hall–Kier alpha value is -1.94. The summed E-state index contributed by atoms with van der Waals surface area (Å²) in [6.45, 7) is 0. The van der Waals surface area contributed by atoms with Gasteiger partial charge in [-0.3, -0.25) is 4.79 Å². The molecule has 0 amide bonds. The molecule has 88 valence electrons. The number of carbonyl (C=O) groups excluding carboxylic acids is 1. The smallest absolute Gasteiger partial charge is 0.151 e. The van der Waals surface area contributed by atoms with Crippen molar-refractivity contribution in [3.05, 3.63) is 58.8 Å². The van der Waals surface area contributed by atoms with Gasteiger partial charge in [0.15, 0.2) is 6.29 Å². The summed E-state index contributed by atoms with van der Waals surface area (Å²) in [5.74, 6) is 0. The molecule has 0 aliphatic heterocycles. The third kappa shape index (κ3) is 1.84.